The van der Waals surface area contributed by atoms with Crippen molar-refractivity contribution < 1.29 is 9.47 Å². The van der Waals surface area contributed by atoms with E-state index in [1.807, 2.05) is 6.07 Å². The van der Waals surface area contributed by atoms with Crippen LogP contribution >= 0.6 is 0 Å². The van der Waals surface area contributed by atoms with E-state index >= 15 is 0 Å². The molecule has 1 unspecified atom stereocenters. The van der Waals surface area contributed by atoms with E-state index in [9.17, 15) is 0 Å². The predicted molar refractivity (Wildman–Crippen MR) is 77.9 cm³/mol. The third-order valence-corrected chi connectivity index (χ3v) is 4.33. The largest absolute Gasteiger partial charge is 0.493 e. The van der Waals surface area contributed by atoms with Crippen LogP contribution in [0.1, 0.15) is 50.7 Å². The lowest BCUT2D eigenvalue weighted by Gasteiger charge is -2.34. The molecule has 3 heteroatoms. The Morgan fingerprint density at radius 2 is 1.84 bits per heavy atom. The van der Waals surface area contributed by atoms with Crippen LogP contribution in [0.15, 0.2) is 12.1 Å². The van der Waals surface area contributed by atoms with Crippen LogP contribution in [0.4, 0.5) is 0 Å². The fourth-order valence-corrected chi connectivity index (χ4v) is 2.52. The Balaban J connectivity index is 2.65. The summed E-state index contributed by atoms with van der Waals surface area (Å²) in [5, 5.41) is 0. The van der Waals surface area contributed by atoms with Gasteiger partial charge in [0.2, 0.25) is 0 Å². The Morgan fingerprint density at radius 3 is 2.26 bits per heavy atom. The highest BCUT2D eigenvalue weighted by Crippen LogP contribution is 2.50. The molecule has 19 heavy (non-hydrogen) atoms. The zero-order chi connectivity index (χ0) is 14.2. The summed E-state index contributed by atoms with van der Waals surface area (Å²) in [7, 11) is 3.36. The number of benzene rings is 1. The first kappa shape index (κ1) is 14.2. The molecule has 0 aromatic heterocycles. The number of methoxy groups -OCH3 is 2. The van der Waals surface area contributed by atoms with Gasteiger partial charge in [-0.25, -0.2) is 0 Å². The SMILES string of the molecule is COc1ccc(C2CC2)c(C(C)(N)C(C)C)c1OC. The van der Waals surface area contributed by atoms with Crippen molar-refractivity contribution in [3.63, 3.8) is 0 Å². The van der Waals surface area contributed by atoms with Gasteiger partial charge in [-0.2, -0.15) is 0 Å². The van der Waals surface area contributed by atoms with Crippen LogP contribution in [0.2, 0.25) is 0 Å². The smallest absolute Gasteiger partial charge is 0.166 e. The molecule has 1 aliphatic carbocycles. The van der Waals surface area contributed by atoms with Crippen molar-refractivity contribution in [2.45, 2.75) is 45.1 Å². The zero-order valence-electron chi connectivity index (χ0n) is 12.6. The van der Waals surface area contributed by atoms with Gasteiger partial charge in [-0.3, -0.25) is 0 Å². The van der Waals surface area contributed by atoms with Crippen molar-refractivity contribution in [1.29, 1.82) is 0 Å². The number of ether oxygens (including phenoxy) is 2. The molecule has 3 nitrogen and oxygen atoms in total. The normalized spacial score (nSPS) is 18.3. The number of nitrogens with two attached hydrogens (primary N) is 1. The van der Waals surface area contributed by atoms with Crippen LogP contribution < -0.4 is 15.2 Å². The maximum Gasteiger partial charge on any atom is 0.166 e. The Kier molecular flexibility index (Phi) is 3.77. The van der Waals surface area contributed by atoms with Gasteiger partial charge in [-0.05, 0) is 43.2 Å². The summed E-state index contributed by atoms with van der Waals surface area (Å²) >= 11 is 0. The van der Waals surface area contributed by atoms with E-state index in [0.717, 1.165) is 17.1 Å². The summed E-state index contributed by atoms with van der Waals surface area (Å²) in [5.41, 5.74) is 8.64. The lowest BCUT2D eigenvalue weighted by atomic mass is 9.78. The first-order valence-electron chi connectivity index (χ1n) is 6.97. The lowest BCUT2D eigenvalue weighted by molar-refractivity contribution is 0.308. The quantitative estimate of drug-likeness (QED) is 0.885. The summed E-state index contributed by atoms with van der Waals surface area (Å²) in [5.74, 6) is 2.52. The van der Waals surface area contributed by atoms with Crippen molar-refractivity contribution in [1.82, 2.24) is 0 Å². The summed E-state index contributed by atoms with van der Waals surface area (Å²) in [4.78, 5) is 0. The molecule has 0 heterocycles. The standard InChI is InChI=1S/C16H25NO2/c1-10(2)16(3,17)14-12(11-6-7-11)8-9-13(18-4)15(14)19-5/h8-11H,6-7,17H2,1-5H3. The predicted octanol–water partition coefficient (Wildman–Crippen LogP) is 3.41. The molecule has 0 bridgehead atoms. The Bertz CT molecular complexity index is 462. The number of hydrogen-bond acceptors (Lipinski definition) is 3. The third-order valence-electron chi connectivity index (χ3n) is 4.33. The second-order valence-electron chi connectivity index (χ2n) is 5.98. The van der Waals surface area contributed by atoms with Gasteiger partial charge in [-0.1, -0.05) is 19.9 Å². The molecule has 2 N–H and O–H groups in total. The molecule has 0 spiro atoms. The minimum atomic E-state index is -0.419. The molecule has 0 saturated heterocycles. The van der Waals surface area contributed by atoms with Crippen molar-refractivity contribution in [3.8, 4) is 11.5 Å². The van der Waals surface area contributed by atoms with Crippen molar-refractivity contribution >= 4 is 0 Å². The summed E-state index contributed by atoms with van der Waals surface area (Å²) < 4.78 is 11.0. The van der Waals surface area contributed by atoms with Gasteiger partial charge >= 0.3 is 0 Å². The highest BCUT2D eigenvalue weighted by Gasteiger charge is 2.37. The molecule has 106 valence electrons. The molecule has 0 amide bonds. The second kappa shape index (κ2) is 5.04. The Hall–Kier alpha value is -1.22. The maximum atomic E-state index is 6.61. The van der Waals surface area contributed by atoms with E-state index in [4.69, 9.17) is 15.2 Å². The van der Waals surface area contributed by atoms with E-state index in [0.29, 0.717) is 11.8 Å². The van der Waals surface area contributed by atoms with Crippen molar-refractivity contribution in [2.24, 2.45) is 11.7 Å². The molecular formula is C16H25NO2. The molecule has 1 atom stereocenters. The van der Waals surface area contributed by atoms with Crippen LogP contribution in [0.3, 0.4) is 0 Å². The zero-order valence-corrected chi connectivity index (χ0v) is 12.6. The van der Waals surface area contributed by atoms with Gasteiger partial charge in [0.15, 0.2) is 11.5 Å². The number of hydrogen-bond donors (Lipinski definition) is 1. The van der Waals surface area contributed by atoms with E-state index in [-0.39, 0.29) is 0 Å². The van der Waals surface area contributed by atoms with Crippen LogP contribution in [0.25, 0.3) is 0 Å². The minimum absolute atomic E-state index is 0.325. The molecule has 1 aromatic rings. The van der Waals surface area contributed by atoms with E-state index < -0.39 is 5.54 Å². The van der Waals surface area contributed by atoms with E-state index in [1.165, 1.54) is 18.4 Å². The molecule has 0 radical (unpaired) electrons. The monoisotopic (exact) mass is 263 g/mol. The van der Waals surface area contributed by atoms with Gasteiger partial charge in [0.05, 0.1) is 14.2 Å². The van der Waals surface area contributed by atoms with Crippen LogP contribution in [0, 0.1) is 5.92 Å². The van der Waals surface area contributed by atoms with Gasteiger partial charge < -0.3 is 15.2 Å². The van der Waals surface area contributed by atoms with Gasteiger partial charge in [0.25, 0.3) is 0 Å². The third kappa shape index (κ3) is 2.44. The summed E-state index contributed by atoms with van der Waals surface area (Å²) in [6.45, 7) is 6.38. The van der Waals surface area contributed by atoms with Crippen molar-refractivity contribution in [3.05, 3.63) is 23.3 Å². The summed E-state index contributed by atoms with van der Waals surface area (Å²) in [6.07, 6.45) is 2.49. The maximum absolute atomic E-state index is 6.61. The van der Waals surface area contributed by atoms with Crippen LogP contribution in [-0.4, -0.2) is 14.2 Å². The lowest BCUT2D eigenvalue weighted by Crippen LogP contribution is -2.40. The minimum Gasteiger partial charge on any atom is -0.493 e. The number of rotatable bonds is 5. The highest BCUT2D eigenvalue weighted by atomic mass is 16.5. The first-order valence-corrected chi connectivity index (χ1v) is 6.97. The molecule has 2 rings (SSSR count). The Labute approximate surface area is 116 Å². The summed E-state index contributed by atoms with van der Waals surface area (Å²) in [6, 6.07) is 4.15. The van der Waals surface area contributed by atoms with Crippen LogP contribution in [0.5, 0.6) is 11.5 Å². The first-order chi connectivity index (χ1) is 8.93. The molecule has 1 aliphatic rings. The molecule has 0 aliphatic heterocycles. The average Bonchev–Trinajstić information content (AvgIpc) is 3.20. The fourth-order valence-electron chi connectivity index (χ4n) is 2.52. The van der Waals surface area contributed by atoms with E-state index in [1.54, 1.807) is 14.2 Å². The topological polar surface area (TPSA) is 44.5 Å². The average molecular weight is 263 g/mol. The molecule has 1 fully saturated rings. The molecular weight excluding hydrogens is 238 g/mol. The van der Waals surface area contributed by atoms with Crippen molar-refractivity contribution in [2.75, 3.05) is 14.2 Å². The van der Waals surface area contributed by atoms with Gasteiger partial charge in [-0.15, -0.1) is 0 Å². The van der Waals surface area contributed by atoms with Crippen LogP contribution in [-0.2, 0) is 5.54 Å². The molecule has 1 saturated carbocycles. The van der Waals surface area contributed by atoms with E-state index in [2.05, 4.69) is 26.8 Å². The molecule has 1 aromatic carbocycles. The van der Waals surface area contributed by atoms with Gasteiger partial charge in [0.1, 0.15) is 0 Å². The second-order valence-corrected chi connectivity index (χ2v) is 5.98. The van der Waals surface area contributed by atoms with Gasteiger partial charge in [0, 0.05) is 11.1 Å². The Morgan fingerprint density at radius 1 is 1.21 bits per heavy atom. The highest BCUT2D eigenvalue weighted by molar-refractivity contribution is 5.55. The fraction of sp³-hybridized carbons (Fsp3) is 0.625.